The smallest absolute Gasteiger partial charge is 0.309 e. The Labute approximate surface area is 110 Å². The third kappa shape index (κ3) is 3.74. The summed E-state index contributed by atoms with van der Waals surface area (Å²) in [5.74, 6) is -0.834. The van der Waals surface area contributed by atoms with Gasteiger partial charge in [-0.2, -0.15) is 0 Å². The molecule has 6 nitrogen and oxygen atoms in total. The van der Waals surface area contributed by atoms with E-state index in [9.17, 15) is 4.79 Å². The lowest BCUT2D eigenvalue weighted by atomic mass is 10.2. The van der Waals surface area contributed by atoms with Gasteiger partial charge in [-0.3, -0.25) is 4.79 Å². The number of aryl methyl sites for hydroxylation is 1. The molecule has 18 heavy (non-hydrogen) atoms. The van der Waals surface area contributed by atoms with Crippen molar-refractivity contribution in [3.8, 4) is 11.3 Å². The van der Waals surface area contributed by atoms with Crippen molar-refractivity contribution in [1.82, 2.24) is 15.1 Å². The molecule has 0 radical (unpaired) electrons. The molecule has 0 aliphatic heterocycles. The highest BCUT2D eigenvalue weighted by molar-refractivity contribution is 5.66. The van der Waals surface area contributed by atoms with Crippen molar-refractivity contribution in [1.29, 1.82) is 0 Å². The van der Waals surface area contributed by atoms with Crippen LogP contribution in [0.3, 0.4) is 0 Å². The number of halogens is 1. The molecule has 2 aromatic heterocycles. The Morgan fingerprint density at radius 3 is 2.78 bits per heavy atom. The number of nitrogens with zero attached hydrogens (tertiary/aromatic N) is 4. The first-order valence-corrected chi connectivity index (χ1v) is 5.09. The van der Waals surface area contributed by atoms with Gasteiger partial charge >= 0.3 is 5.97 Å². The molecule has 0 spiro atoms. The minimum absolute atomic E-state index is 0. The SMILES string of the molecule is O=C(O)CC[n+]1ccc(-c2ccncn2)cn1.[Cl-]. The average Bonchev–Trinajstić information content (AvgIpc) is 2.38. The van der Waals surface area contributed by atoms with Gasteiger partial charge in [0.15, 0.2) is 12.7 Å². The molecule has 0 saturated carbocycles. The van der Waals surface area contributed by atoms with Crippen LogP contribution in [-0.2, 0) is 11.3 Å². The van der Waals surface area contributed by atoms with Gasteiger partial charge in [0.25, 0.3) is 0 Å². The number of aliphatic carboxylic acids is 1. The Balaban J connectivity index is 0.00000162. The van der Waals surface area contributed by atoms with E-state index in [-0.39, 0.29) is 18.8 Å². The Bertz CT molecular complexity index is 504. The van der Waals surface area contributed by atoms with Crippen molar-refractivity contribution in [2.75, 3.05) is 0 Å². The van der Waals surface area contributed by atoms with Gasteiger partial charge in [-0.25, -0.2) is 9.97 Å². The highest BCUT2D eigenvalue weighted by atomic mass is 35.5. The van der Waals surface area contributed by atoms with E-state index in [1.54, 1.807) is 29.3 Å². The Hall–Kier alpha value is -2.08. The van der Waals surface area contributed by atoms with E-state index < -0.39 is 5.97 Å². The second-order valence-electron chi connectivity index (χ2n) is 3.42. The predicted molar refractivity (Wildman–Crippen MR) is 57.7 cm³/mol. The summed E-state index contributed by atoms with van der Waals surface area (Å²) in [6, 6.07) is 3.63. The van der Waals surface area contributed by atoms with Crippen LogP contribution in [0.1, 0.15) is 6.42 Å². The summed E-state index contributed by atoms with van der Waals surface area (Å²) in [5.41, 5.74) is 1.66. The zero-order valence-corrected chi connectivity index (χ0v) is 10.2. The maximum Gasteiger partial charge on any atom is 0.309 e. The van der Waals surface area contributed by atoms with Gasteiger partial charge < -0.3 is 17.5 Å². The number of carboxylic acid groups (broad SMARTS) is 1. The first kappa shape index (κ1) is 14.0. The van der Waals surface area contributed by atoms with E-state index in [0.29, 0.717) is 6.54 Å². The van der Waals surface area contributed by atoms with Crippen LogP contribution in [0.25, 0.3) is 11.3 Å². The number of carbonyl (C=O) groups is 1. The van der Waals surface area contributed by atoms with Gasteiger partial charge in [0, 0.05) is 17.8 Å². The monoisotopic (exact) mass is 266 g/mol. The number of hydrogen-bond donors (Lipinski definition) is 1. The maximum absolute atomic E-state index is 10.4. The Morgan fingerprint density at radius 1 is 1.39 bits per heavy atom. The van der Waals surface area contributed by atoms with E-state index in [4.69, 9.17) is 5.11 Å². The molecule has 2 aromatic rings. The van der Waals surface area contributed by atoms with Crippen LogP contribution in [-0.4, -0.2) is 26.1 Å². The molecule has 2 heterocycles. The van der Waals surface area contributed by atoms with Gasteiger partial charge in [0.05, 0.1) is 5.69 Å². The Kier molecular flexibility index (Phi) is 5.13. The van der Waals surface area contributed by atoms with Crippen molar-refractivity contribution < 1.29 is 27.0 Å². The fraction of sp³-hybridized carbons (Fsp3) is 0.182. The van der Waals surface area contributed by atoms with Crippen LogP contribution < -0.4 is 17.1 Å². The first-order chi connectivity index (χ1) is 8.25. The van der Waals surface area contributed by atoms with Gasteiger partial charge in [-0.1, -0.05) is 4.68 Å². The Morgan fingerprint density at radius 2 is 2.22 bits per heavy atom. The topological polar surface area (TPSA) is 79.9 Å². The summed E-state index contributed by atoms with van der Waals surface area (Å²) in [6.07, 6.45) is 6.59. The van der Waals surface area contributed by atoms with E-state index in [0.717, 1.165) is 11.3 Å². The highest BCUT2D eigenvalue weighted by Crippen LogP contribution is 2.11. The molecular formula is C11H11ClN4O2. The fourth-order valence-corrected chi connectivity index (χ4v) is 1.34. The zero-order chi connectivity index (χ0) is 12.1. The minimum Gasteiger partial charge on any atom is -1.00 e. The van der Waals surface area contributed by atoms with Crippen LogP contribution in [0, 0.1) is 0 Å². The molecule has 7 heteroatoms. The molecule has 94 valence electrons. The molecule has 0 bridgehead atoms. The van der Waals surface area contributed by atoms with E-state index in [1.165, 1.54) is 6.33 Å². The third-order valence-electron chi connectivity index (χ3n) is 2.20. The summed E-state index contributed by atoms with van der Waals surface area (Å²) >= 11 is 0. The van der Waals surface area contributed by atoms with Crippen molar-refractivity contribution in [3.63, 3.8) is 0 Å². The van der Waals surface area contributed by atoms with Crippen LogP contribution >= 0.6 is 0 Å². The highest BCUT2D eigenvalue weighted by Gasteiger charge is 2.07. The van der Waals surface area contributed by atoms with Crippen LogP contribution in [0.2, 0.25) is 0 Å². The van der Waals surface area contributed by atoms with Crippen molar-refractivity contribution in [2.24, 2.45) is 0 Å². The van der Waals surface area contributed by atoms with Crippen molar-refractivity contribution >= 4 is 5.97 Å². The lowest BCUT2D eigenvalue weighted by Crippen LogP contribution is -3.00. The normalized spacial score (nSPS) is 9.56. The number of carboxylic acids is 1. The quantitative estimate of drug-likeness (QED) is 0.610. The molecule has 2 rings (SSSR count). The molecule has 0 aliphatic carbocycles. The second kappa shape index (κ2) is 6.61. The molecular weight excluding hydrogens is 256 g/mol. The standard InChI is InChI=1S/C11H10N4O2.ClH/c16-11(17)3-6-15-5-2-9(7-14-15)10-1-4-12-8-13-10;/h1-2,4-5,7-8H,3,6H2;1H. The third-order valence-corrected chi connectivity index (χ3v) is 2.20. The molecule has 0 atom stereocenters. The zero-order valence-electron chi connectivity index (χ0n) is 9.40. The summed E-state index contributed by atoms with van der Waals surface area (Å²) in [4.78, 5) is 18.3. The van der Waals surface area contributed by atoms with Crippen LogP contribution in [0.5, 0.6) is 0 Å². The second-order valence-corrected chi connectivity index (χ2v) is 3.42. The summed E-state index contributed by atoms with van der Waals surface area (Å²) in [7, 11) is 0. The van der Waals surface area contributed by atoms with Gasteiger partial charge in [-0.05, 0) is 11.2 Å². The minimum atomic E-state index is -0.834. The van der Waals surface area contributed by atoms with E-state index >= 15 is 0 Å². The lowest BCUT2D eigenvalue weighted by Gasteiger charge is -1.97. The first-order valence-electron chi connectivity index (χ1n) is 5.09. The molecule has 1 N–H and O–H groups in total. The van der Waals surface area contributed by atoms with Gasteiger partial charge in [0.1, 0.15) is 18.9 Å². The van der Waals surface area contributed by atoms with Crippen LogP contribution in [0.15, 0.2) is 37.1 Å². The maximum atomic E-state index is 10.4. The molecule has 0 unspecified atom stereocenters. The van der Waals surface area contributed by atoms with Crippen molar-refractivity contribution in [2.45, 2.75) is 13.0 Å². The molecule has 0 fully saturated rings. The molecule has 0 amide bonds. The van der Waals surface area contributed by atoms with Crippen LogP contribution in [0.4, 0.5) is 0 Å². The van der Waals surface area contributed by atoms with E-state index in [1.807, 2.05) is 6.07 Å². The predicted octanol–water partition coefficient (Wildman–Crippen LogP) is -2.70. The van der Waals surface area contributed by atoms with Crippen molar-refractivity contribution in [3.05, 3.63) is 37.1 Å². The molecule has 0 aliphatic rings. The lowest BCUT2D eigenvalue weighted by molar-refractivity contribution is -0.752. The van der Waals surface area contributed by atoms with Gasteiger partial charge in [-0.15, -0.1) is 0 Å². The number of aromatic nitrogens is 4. The molecule has 0 aromatic carbocycles. The number of hydrogen-bond acceptors (Lipinski definition) is 4. The fourth-order valence-electron chi connectivity index (χ4n) is 1.34. The molecule has 0 saturated heterocycles. The van der Waals surface area contributed by atoms with E-state index in [2.05, 4.69) is 15.1 Å². The van der Waals surface area contributed by atoms with Gasteiger partial charge in [0.2, 0.25) is 0 Å². The summed E-state index contributed by atoms with van der Waals surface area (Å²) in [5, 5.41) is 12.7. The summed E-state index contributed by atoms with van der Waals surface area (Å²) < 4.78 is 1.58. The average molecular weight is 267 g/mol. The summed E-state index contributed by atoms with van der Waals surface area (Å²) in [6.45, 7) is 0.361. The largest absolute Gasteiger partial charge is 1.00 e. The number of rotatable bonds is 4.